The van der Waals surface area contributed by atoms with Crippen LogP contribution >= 0.6 is 11.6 Å². The maximum absolute atomic E-state index is 13.2. The van der Waals surface area contributed by atoms with Crippen LogP contribution in [0.4, 0.5) is 15.9 Å². The third-order valence-electron chi connectivity index (χ3n) is 2.14. The Morgan fingerprint density at radius 1 is 1.12 bits per heavy atom. The first-order valence-corrected chi connectivity index (χ1v) is 5.46. The van der Waals surface area contributed by atoms with Crippen LogP contribution in [-0.4, -0.2) is 9.97 Å². The highest BCUT2D eigenvalue weighted by Crippen LogP contribution is 2.19. The third kappa shape index (κ3) is 3.14. The van der Waals surface area contributed by atoms with E-state index in [4.69, 9.17) is 11.6 Å². The van der Waals surface area contributed by atoms with E-state index < -0.39 is 0 Å². The molecule has 3 nitrogen and oxygen atoms in total. The summed E-state index contributed by atoms with van der Waals surface area (Å²) in [7, 11) is 0. The Bertz CT molecular complexity index is 467. The fraction of sp³-hybridized carbons (Fsp3) is 0.167. The van der Waals surface area contributed by atoms with Crippen LogP contribution in [0.5, 0.6) is 0 Å². The van der Waals surface area contributed by atoms with Crippen LogP contribution in [0.25, 0.3) is 0 Å². The summed E-state index contributed by atoms with van der Waals surface area (Å²) < 4.78 is 13.2. The van der Waals surface area contributed by atoms with E-state index in [0.29, 0.717) is 11.5 Å². The fourth-order valence-corrected chi connectivity index (χ4v) is 1.78. The molecular formula is C12H11ClFN3. The Balaban J connectivity index is 2.31. The minimum absolute atomic E-state index is 0.167. The van der Waals surface area contributed by atoms with Crippen molar-refractivity contribution >= 4 is 23.1 Å². The van der Waals surface area contributed by atoms with E-state index in [1.807, 2.05) is 19.9 Å². The molecule has 0 amide bonds. The van der Waals surface area contributed by atoms with Gasteiger partial charge in [-0.25, -0.2) is 14.4 Å². The zero-order valence-corrected chi connectivity index (χ0v) is 10.2. The Labute approximate surface area is 104 Å². The highest BCUT2D eigenvalue weighted by molar-refractivity contribution is 6.28. The van der Waals surface area contributed by atoms with E-state index >= 15 is 0 Å². The summed E-state index contributed by atoms with van der Waals surface area (Å²) >= 11 is 5.74. The number of hydrogen-bond donors (Lipinski definition) is 1. The normalized spacial score (nSPS) is 10.4. The molecule has 0 radical (unpaired) electrons. The molecule has 0 atom stereocenters. The largest absolute Gasteiger partial charge is 0.340 e. The number of benzene rings is 1. The van der Waals surface area contributed by atoms with E-state index in [2.05, 4.69) is 15.3 Å². The average Bonchev–Trinajstić information content (AvgIpc) is 2.13. The lowest BCUT2D eigenvalue weighted by molar-refractivity contribution is 0.627. The summed E-state index contributed by atoms with van der Waals surface area (Å²) in [6.07, 6.45) is 0. The average molecular weight is 252 g/mol. The zero-order chi connectivity index (χ0) is 12.4. The Morgan fingerprint density at radius 3 is 2.53 bits per heavy atom. The second-order valence-corrected chi connectivity index (χ2v) is 4.14. The van der Waals surface area contributed by atoms with Gasteiger partial charge < -0.3 is 5.32 Å². The Hall–Kier alpha value is -1.68. The molecule has 1 heterocycles. The van der Waals surface area contributed by atoms with Crippen LogP contribution in [0, 0.1) is 19.7 Å². The zero-order valence-electron chi connectivity index (χ0n) is 9.46. The van der Waals surface area contributed by atoms with Crippen molar-refractivity contribution in [3.05, 3.63) is 46.6 Å². The lowest BCUT2D eigenvalue weighted by Gasteiger charge is -2.07. The predicted molar refractivity (Wildman–Crippen MR) is 66.2 cm³/mol. The monoisotopic (exact) mass is 251 g/mol. The molecular weight excluding hydrogens is 241 g/mol. The van der Waals surface area contributed by atoms with Gasteiger partial charge in [0.15, 0.2) is 0 Å². The lowest BCUT2D eigenvalue weighted by atomic mass is 10.2. The summed E-state index contributed by atoms with van der Waals surface area (Å²) in [4.78, 5) is 7.96. The molecule has 2 aromatic rings. The third-order valence-corrected chi connectivity index (χ3v) is 2.31. The van der Waals surface area contributed by atoms with Crippen LogP contribution < -0.4 is 5.32 Å². The molecule has 1 aromatic heterocycles. The van der Waals surface area contributed by atoms with Crippen molar-refractivity contribution in [1.29, 1.82) is 0 Å². The first-order valence-electron chi connectivity index (χ1n) is 5.08. The van der Waals surface area contributed by atoms with Gasteiger partial charge in [0.05, 0.1) is 0 Å². The van der Waals surface area contributed by atoms with Crippen LogP contribution in [0.1, 0.15) is 11.3 Å². The molecule has 17 heavy (non-hydrogen) atoms. The van der Waals surface area contributed by atoms with Gasteiger partial charge in [0.2, 0.25) is 5.28 Å². The minimum Gasteiger partial charge on any atom is -0.340 e. The van der Waals surface area contributed by atoms with E-state index in [1.165, 1.54) is 12.1 Å². The van der Waals surface area contributed by atoms with E-state index in [9.17, 15) is 4.39 Å². The molecule has 0 saturated heterocycles. The summed E-state index contributed by atoms with van der Waals surface area (Å²) in [5.74, 6) is 0.261. The maximum Gasteiger partial charge on any atom is 0.224 e. The summed E-state index contributed by atoms with van der Waals surface area (Å²) in [6.45, 7) is 3.64. The second-order valence-electron chi connectivity index (χ2n) is 3.81. The summed E-state index contributed by atoms with van der Waals surface area (Å²) in [5, 5.41) is 3.16. The number of rotatable bonds is 2. The minimum atomic E-state index is -0.288. The maximum atomic E-state index is 13.2. The molecule has 88 valence electrons. The molecule has 1 N–H and O–H groups in total. The van der Waals surface area contributed by atoms with Crippen molar-refractivity contribution < 1.29 is 4.39 Å². The first-order chi connectivity index (χ1) is 8.02. The van der Waals surface area contributed by atoms with E-state index in [0.717, 1.165) is 11.3 Å². The molecule has 2 rings (SSSR count). The van der Waals surface area contributed by atoms with Crippen LogP contribution in [-0.2, 0) is 0 Å². The molecule has 1 aromatic carbocycles. The van der Waals surface area contributed by atoms with Gasteiger partial charge in [-0.3, -0.25) is 0 Å². The molecule has 0 saturated carbocycles. The first kappa shape index (κ1) is 11.8. The number of anilines is 2. The quantitative estimate of drug-likeness (QED) is 0.829. The Morgan fingerprint density at radius 2 is 1.88 bits per heavy atom. The lowest BCUT2D eigenvalue weighted by Crippen LogP contribution is -1.97. The van der Waals surface area contributed by atoms with Crippen LogP contribution in [0.3, 0.4) is 0 Å². The summed E-state index contributed by atoms with van der Waals surface area (Å²) in [6, 6.07) is 6.43. The molecule has 0 unspecified atom stereocenters. The predicted octanol–water partition coefficient (Wildman–Crippen LogP) is 3.63. The molecule has 0 fully saturated rings. The molecule has 0 aliphatic heterocycles. The number of aromatic nitrogens is 2. The number of nitrogens with zero attached hydrogens (tertiary/aromatic N) is 2. The Kier molecular flexibility index (Phi) is 3.24. The van der Waals surface area contributed by atoms with Gasteiger partial charge in [-0.1, -0.05) is 0 Å². The van der Waals surface area contributed by atoms with Crippen molar-refractivity contribution in [3.63, 3.8) is 0 Å². The summed E-state index contributed by atoms with van der Waals surface area (Å²) in [5.41, 5.74) is 2.22. The highest BCUT2D eigenvalue weighted by Gasteiger charge is 2.02. The van der Waals surface area contributed by atoms with Crippen molar-refractivity contribution in [2.24, 2.45) is 0 Å². The second kappa shape index (κ2) is 4.67. The smallest absolute Gasteiger partial charge is 0.224 e. The molecule has 0 bridgehead atoms. The highest BCUT2D eigenvalue weighted by atomic mass is 35.5. The standard InChI is InChI=1S/C12H11ClFN3/c1-7-3-9(14)6-10(4-7)16-11-5-8(2)15-12(13)17-11/h3-6H,1-2H3,(H,15,16,17). The van der Waals surface area contributed by atoms with Crippen molar-refractivity contribution in [1.82, 2.24) is 9.97 Å². The molecule has 0 aliphatic carbocycles. The van der Waals surface area contributed by atoms with Gasteiger partial charge in [0, 0.05) is 17.4 Å². The molecule has 0 spiro atoms. The van der Waals surface area contributed by atoms with Crippen molar-refractivity contribution in [2.45, 2.75) is 13.8 Å². The van der Waals surface area contributed by atoms with Gasteiger partial charge in [-0.2, -0.15) is 0 Å². The van der Waals surface area contributed by atoms with E-state index in [-0.39, 0.29) is 11.1 Å². The number of aryl methyl sites for hydroxylation is 2. The van der Waals surface area contributed by atoms with Gasteiger partial charge in [0.25, 0.3) is 0 Å². The number of hydrogen-bond acceptors (Lipinski definition) is 3. The van der Waals surface area contributed by atoms with Crippen molar-refractivity contribution in [2.75, 3.05) is 5.32 Å². The van der Waals surface area contributed by atoms with Gasteiger partial charge in [-0.05, 0) is 49.2 Å². The van der Waals surface area contributed by atoms with Crippen LogP contribution in [0.2, 0.25) is 5.28 Å². The molecule has 0 aliphatic rings. The van der Waals surface area contributed by atoms with Crippen LogP contribution in [0.15, 0.2) is 24.3 Å². The number of nitrogens with one attached hydrogen (secondary N) is 1. The number of halogens is 2. The van der Waals surface area contributed by atoms with Crippen molar-refractivity contribution in [3.8, 4) is 0 Å². The molecule has 5 heteroatoms. The fourth-order valence-electron chi connectivity index (χ4n) is 1.55. The van der Waals surface area contributed by atoms with Gasteiger partial charge in [0.1, 0.15) is 11.6 Å². The van der Waals surface area contributed by atoms with Gasteiger partial charge >= 0.3 is 0 Å². The van der Waals surface area contributed by atoms with Gasteiger partial charge in [-0.15, -0.1) is 0 Å². The van der Waals surface area contributed by atoms with E-state index in [1.54, 1.807) is 6.07 Å². The SMILES string of the molecule is Cc1cc(F)cc(Nc2cc(C)nc(Cl)n2)c1. The topological polar surface area (TPSA) is 37.8 Å².